The third kappa shape index (κ3) is 8.26. The Morgan fingerprint density at radius 2 is 1.38 bits per heavy atom. The van der Waals surface area contributed by atoms with Crippen LogP contribution < -0.4 is 5.73 Å². The highest BCUT2D eigenvalue weighted by molar-refractivity contribution is 5.28. The van der Waals surface area contributed by atoms with Crippen LogP contribution in [0.3, 0.4) is 0 Å². The largest absolute Gasteiger partial charge is 0.330 e. The van der Waals surface area contributed by atoms with Gasteiger partial charge in [-0.2, -0.15) is 0 Å². The molecule has 0 aliphatic rings. The fraction of sp³-hybridized carbons (Fsp3) is 0.700. The fourth-order valence-electron chi connectivity index (χ4n) is 2.73. The summed E-state index contributed by atoms with van der Waals surface area (Å²) in [4.78, 5) is 0. The van der Waals surface area contributed by atoms with E-state index in [1.807, 2.05) is 0 Å². The molecule has 0 bridgehead atoms. The molecule has 1 aromatic carbocycles. The van der Waals surface area contributed by atoms with Crippen molar-refractivity contribution in [2.45, 2.75) is 84.0 Å². The third-order valence-electron chi connectivity index (χ3n) is 4.21. The first-order chi connectivity index (χ1) is 10.0. The van der Waals surface area contributed by atoms with E-state index in [2.05, 4.69) is 45.0 Å². The lowest BCUT2D eigenvalue weighted by atomic mass is 9.86. The number of nitrogens with two attached hydrogens (primary N) is 1. The van der Waals surface area contributed by atoms with Crippen LogP contribution in [0.15, 0.2) is 24.3 Å². The molecule has 0 atom stereocenters. The zero-order valence-electron chi connectivity index (χ0n) is 14.5. The Balaban J connectivity index is 2.13. The summed E-state index contributed by atoms with van der Waals surface area (Å²) in [6.45, 7) is 7.72. The number of rotatable bonds is 10. The van der Waals surface area contributed by atoms with E-state index in [1.54, 1.807) is 0 Å². The molecule has 0 aromatic heterocycles. The Kier molecular flexibility index (Phi) is 8.68. The van der Waals surface area contributed by atoms with Crippen LogP contribution in [-0.2, 0) is 11.8 Å². The molecule has 0 heterocycles. The van der Waals surface area contributed by atoms with Crippen molar-refractivity contribution in [3.63, 3.8) is 0 Å². The van der Waals surface area contributed by atoms with E-state index in [-0.39, 0.29) is 5.41 Å². The highest BCUT2D eigenvalue weighted by Gasteiger charge is 2.13. The molecular formula is C20H35N. The van der Waals surface area contributed by atoms with Gasteiger partial charge in [-0.05, 0) is 42.3 Å². The Bertz CT molecular complexity index is 376. The zero-order valence-corrected chi connectivity index (χ0v) is 14.5. The van der Waals surface area contributed by atoms with Gasteiger partial charge in [-0.25, -0.2) is 0 Å². The van der Waals surface area contributed by atoms with E-state index in [1.165, 1.54) is 68.9 Å². The summed E-state index contributed by atoms with van der Waals surface area (Å²) in [5, 5.41) is 0. The summed E-state index contributed by atoms with van der Waals surface area (Å²) in [5.41, 5.74) is 8.73. The van der Waals surface area contributed by atoms with E-state index in [4.69, 9.17) is 5.73 Å². The molecule has 2 N–H and O–H groups in total. The highest BCUT2D eigenvalue weighted by Crippen LogP contribution is 2.23. The predicted molar refractivity (Wildman–Crippen MR) is 94.8 cm³/mol. The lowest BCUT2D eigenvalue weighted by Crippen LogP contribution is -2.11. The Hall–Kier alpha value is -0.820. The second-order valence-electron chi connectivity index (χ2n) is 7.32. The summed E-state index contributed by atoms with van der Waals surface area (Å²) in [5.74, 6) is 0. The smallest absolute Gasteiger partial charge is 0.00773 e. The minimum atomic E-state index is 0.263. The first-order valence-electron chi connectivity index (χ1n) is 8.83. The quantitative estimate of drug-likeness (QED) is 0.557. The van der Waals surface area contributed by atoms with Crippen molar-refractivity contribution in [1.82, 2.24) is 0 Å². The SMILES string of the molecule is CC(C)(C)c1cccc(CCCCCCCCCCN)c1. The molecule has 0 aliphatic carbocycles. The van der Waals surface area contributed by atoms with Crippen LogP contribution in [0.1, 0.15) is 83.3 Å². The van der Waals surface area contributed by atoms with E-state index in [0.29, 0.717) is 0 Å². The molecule has 1 heteroatoms. The molecule has 0 saturated carbocycles. The summed E-state index contributed by atoms with van der Waals surface area (Å²) in [7, 11) is 0. The number of aryl methyl sites for hydroxylation is 1. The summed E-state index contributed by atoms with van der Waals surface area (Å²) in [6, 6.07) is 9.15. The molecule has 0 saturated heterocycles. The maximum absolute atomic E-state index is 5.50. The zero-order chi connectivity index (χ0) is 15.6. The van der Waals surface area contributed by atoms with Gasteiger partial charge in [0.05, 0.1) is 0 Å². The van der Waals surface area contributed by atoms with Crippen LogP contribution >= 0.6 is 0 Å². The topological polar surface area (TPSA) is 26.0 Å². The summed E-state index contributed by atoms with van der Waals surface area (Å²) < 4.78 is 0. The fourth-order valence-corrected chi connectivity index (χ4v) is 2.73. The van der Waals surface area contributed by atoms with Crippen molar-refractivity contribution in [3.8, 4) is 0 Å². The number of hydrogen-bond donors (Lipinski definition) is 1. The van der Waals surface area contributed by atoms with Crippen LogP contribution in [0.5, 0.6) is 0 Å². The van der Waals surface area contributed by atoms with Gasteiger partial charge in [0.2, 0.25) is 0 Å². The average Bonchev–Trinajstić information content (AvgIpc) is 2.45. The van der Waals surface area contributed by atoms with Gasteiger partial charge in [0.1, 0.15) is 0 Å². The number of unbranched alkanes of at least 4 members (excludes halogenated alkanes) is 7. The monoisotopic (exact) mass is 289 g/mol. The highest BCUT2D eigenvalue weighted by atomic mass is 14.5. The lowest BCUT2D eigenvalue weighted by molar-refractivity contribution is 0.568. The standard InChI is InChI=1S/C20H35N/c1-20(2,3)19-15-12-14-18(17-19)13-10-8-6-4-5-7-9-11-16-21/h12,14-15,17H,4-11,13,16,21H2,1-3H3. The third-order valence-corrected chi connectivity index (χ3v) is 4.21. The molecule has 1 rings (SSSR count). The Morgan fingerprint density at radius 1 is 0.810 bits per heavy atom. The molecule has 0 aliphatic heterocycles. The summed E-state index contributed by atoms with van der Waals surface area (Å²) >= 11 is 0. The first-order valence-corrected chi connectivity index (χ1v) is 8.83. The minimum absolute atomic E-state index is 0.263. The molecule has 1 aromatic rings. The van der Waals surface area contributed by atoms with E-state index >= 15 is 0 Å². The van der Waals surface area contributed by atoms with E-state index in [9.17, 15) is 0 Å². The Labute approximate surface area is 132 Å². The van der Waals surface area contributed by atoms with Crippen molar-refractivity contribution in [2.75, 3.05) is 6.54 Å². The van der Waals surface area contributed by atoms with Crippen molar-refractivity contribution in [2.24, 2.45) is 5.73 Å². The molecule has 0 spiro atoms. The normalized spacial score (nSPS) is 11.8. The molecule has 21 heavy (non-hydrogen) atoms. The maximum Gasteiger partial charge on any atom is -0.00773 e. The van der Waals surface area contributed by atoms with Crippen LogP contribution in [-0.4, -0.2) is 6.54 Å². The van der Waals surface area contributed by atoms with Gasteiger partial charge < -0.3 is 5.73 Å². The molecule has 0 radical (unpaired) electrons. The molecule has 0 unspecified atom stereocenters. The molecule has 120 valence electrons. The second-order valence-corrected chi connectivity index (χ2v) is 7.32. The van der Waals surface area contributed by atoms with Gasteiger partial charge in [-0.1, -0.05) is 83.6 Å². The molecule has 0 amide bonds. The molecule has 1 nitrogen and oxygen atoms in total. The van der Waals surface area contributed by atoms with Gasteiger partial charge >= 0.3 is 0 Å². The van der Waals surface area contributed by atoms with Crippen LogP contribution in [0.2, 0.25) is 0 Å². The average molecular weight is 290 g/mol. The second kappa shape index (κ2) is 10.00. The van der Waals surface area contributed by atoms with Crippen molar-refractivity contribution < 1.29 is 0 Å². The summed E-state index contributed by atoms with van der Waals surface area (Å²) in [6.07, 6.45) is 12.0. The van der Waals surface area contributed by atoms with Gasteiger partial charge in [0.25, 0.3) is 0 Å². The lowest BCUT2D eigenvalue weighted by Gasteiger charge is -2.19. The van der Waals surface area contributed by atoms with Crippen molar-refractivity contribution in [1.29, 1.82) is 0 Å². The van der Waals surface area contributed by atoms with Gasteiger partial charge in [0, 0.05) is 0 Å². The van der Waals surface area contributed by atoms with Crippen LogP contribution in [0.4, 0.5) is 0 Å². The van der Waals surface area contributed by atoms with Gasteiger partial charge in [0.15, 0.2) is 0 Å². The van der Waals surface area contributed by atoms with Crippen LogP contribution in [0, 0.1) is 0 Å². The first kappa shape index (κ1) is 18.2. The predicted octanol–water partition coefficient (Wildman–Crippen LogP) is 5.61. The van der Waals surface area contributed by atoms with Crippen molar-refractivity contribution in [3.05, 3.63) is 35.4 Å². The van der Waals surface area contributed by atoms with Crippen LogP contribution in [0.25, 0.3) is 0 Å². The van der Waals surface area contributed by atoms with E-state index < -0.39 is 0 Å². The molecular weight excluding hydrogens is 254 g/mol. The van der Waals surface area contributed by atoms with Gasteiger partial charge in [-0.3, -0.25) is 0 Å². The van der Waals surface area contributed by atoms with E-state index in [0.717, 1.165) is 6.54 Å². The molecule has 0 fully saturated rings. The number of hydrogen-bond acceptors (Lipinski definition) is 1. The maximum atomic E-state index is 5.50. The van der Waals surface area contributed by atoms with Gasteiger partial charge in [-0.15, -0.1) is 0 Å². The number of benzene rings is 1. The van der Waals surface area contributed by atoms with Crippen molar-refractivity contribution >= 4 is 0 Å². The minimum Gasteiger partial charge on any atom is -0.330 e. The Morgan fingerprint density at radius 3 is 1.95 bits per heavy atom.